The molecule has 11 heavy (non-hydrogen) atoms. The first-order valence-corrected chi connectivity index (χ1v) is 5.07. The van der Waals surface area contributed by atoms with Crippen molar-refractivity contribution in [2.45, 2.75) is 0 Å². The lowest BCUT2D eigenvalue weighted by atomic mass is 10.4. The van der Waals surface area contributed by atoms with Crippen molar-refractivity contribution in [2.24, 2.45) is 0 Å². The highest BCUT2D eigenvalue weighted by molar-refractivity contribution is 7.65. The molecule has 4 heteroatoms. The summed E-state index contributed by atoms with van der Waals surface area (Å²) in [7, 11) is -3.02. The molecule has 56 valence electrons. The van der Waals surface area contributed by atoms with Crippen molar-refractivity contribution in [1.82, 2.24) is 0 Å². The second-order valence-electron chi connectivity index (χ2n) is 2.21. The van der Waals surface area contributed by atoms with Gasteiger partial charge in [0.1, 0.15) is 0 Å². The normalized spacial score (nSPS) is 14.7. The van der Waals surface area contributed by atoms with Crippen molar-refractivity contribution in [2.75, 3.05) is 6.66 Å². The van der Waals surface area contributed by atoms with Crippen molar-refractivity contribution >= 4 is 35.7 Å². The van der Waals surface area contributed by atoms with Crippen LogP contribution in [-0.4, -0.2) is 34.6 Å². The van der Waals surface area contributed by atoms with Crippen LogP contribution >= 0.6 is 7.37 Å². The summed E-state index contributed by atoms with van der Waals surface area (Å²) in [6.45, 7) is 1.34. The van der Waals surface area contributed by atoms with E-state index in [2.05, 4.69) is 0 Å². The topological polar surface area (TPSA) is 37.3 Å². The molecule has 0 amide bonds. The van der Waals surface area contributed by atoms with Crippen molar-refractivity contribution in [3.63, 3.8) is 0 Å². The molecule has 1 atom stereocenters. The molecule has 0 saturated heterocycles. The number of hydrogen-bond donors (Lipinski definition) is 1. The zero-order valence-corrected chi connectivity index (χ0v) is 8.71. The Morgan fingerprint density at radius 2 is 1.73 bits per heavy atom. The molecule has 0 saturated carbocycles. The van der Waals surface area contributed by atoms with E-state index >= 15 is 0 Å². The third kappa shape index (κ3) is 3.39. The summed E-state index contributed by atoms with van der Waals surface area (Å²) in [5, 5.41) is 0.509. The summed E-state index contributed by atoms with van der Waals surface area (Å²) in [5.41, 5.74) is 0. The monoisotopic (exact) mass is 180 g/mol. The highest BCUT2D eigenvalue weighted by atomic mass is 31.2. The SMILES string of the molecule is CP(=O)(O)c1ccccc1.[Mg]. The first-order valence-electron chi connectivity index (χ1n) is 2.96. The van der Waals surface area contributed by atoms with Crippen LogP contribution in [0.25, 0.3) is 0 Å². The molecule has 2 nitrogen and oxygen atoms in total. The predicted molar refractivity (Wildman–Crippen MR) is 47.6 cm³/mol. The van der Waals surface area contributed by atoms with Gasteiger partial charge in [-0.05, 0) is 12.1 Å². The fourth-order valence-corrected chi connectivity index (χ4v) is 1.43. The molecule has 1 rings (SSSR count). The zero-order chi connectivity index (χ0) is 7.61. The average Bonchev–Trinajstić information content (AvgIpc) is 1.88. The average molecular weight is 180 g/mol. The lowest BCUT2D eigenvalue weighted by Crippen LogP contribution is -2.00. The minimum absolute atomic E-state index is 0. The maximum atomic E-state index is 11.0. The Balaban J connectivity index is 0.000001000. The van der Waals surface area contributed by atoms with Gasteiger partial charge in [-0.2, -0.15) is 0 Å². The minimum Gasteiger partial charge on any atom is -0.341 e. The lowest BCUT2D eigenvalue weighted by molar-refractivity contribution is 0.496. The van der Waals surface area contributed by atoms with Crippen LogP contribution in [0.4, 0.5) is 0 Å². The van der Waals surface area contributed by atoms with Crippen LogP contribution in [0.1, 0.15) is 0 Å². The van der Waals surface area contributed by atoms with Crippen LogP contribution in [-0.2, 0) is 4.57 Å². The molecule has 2 radical (unpaired) electrons. The third-order valence-corrected chi connectivity index (χ3v) is 2.49. The summed E-state index contributed by atoms with van der Waals surface area (Å²) in [6.07, 6.45) is 0. The molecule has 0 aliphatic heterocycles. The maximum absolute atomic E-state index is 11.0. The van der Waals surface area contributed by atoms with Gasteiger partial charge >= 0.3 is 0 Å². The molecule has 1 aromatic rings. The highest BCUT2D eigenvalue weighted by Gasteiger charge is 2.10. The second-order valence-corrected chi connectivity index (χ2v) is 4.49. The van der Waals surface area contributed by atoms with Crippen LogP contribution in [0.15, 0.2) is 30.3 Å². The van der Waals surface area contributed by atoms with Gasteiger partial charge in [-0.3, -0.25) is 4.57 Å². The molecule has 0 fully saturated rings. The van der Waals surface area contributed by atoms with E-state index in [4.69, 9.17) is 4.89 Å². The molecule has 0 bridgehead atoms. The smallest absolute Gasteiger partial charge is 0.226 e. The van der Waals surface area contributed by atoms with Crippen molar-refractivity contribution in [3.05, 3.63) is 30.3 Å². The quantitative estimate of drug-likeness (QED) is 0.513. The maximum Gasteiger partial charge on any atom is 0.226 e. The fraction of sp³-hybridized carbons (Fsp3) is 0.143. The van der Waals surface area contributed by atoms with Crippen molar-refractivity contribution < 1.29 is 9.46 Å². The van der Waals surface area contributed by atoms with Gasteiger partial charge in [-0.1, -0.05) is 18.2 Å². The number of benzene rings is 1. The Bertz CT molecular complexity index is 254. The molecular weight excluding hydrogens is 171 g/mol. The summed E-state index contributed by atoms with van der Waals surface area (Å²) in [4.78, 5) is 9.04. The van der Waals surface area contributed by atoms with E-state index in [1.165, 1.54) is 6.66 Å². The Hall–Kier alpha value is 0.176. The summed E-state index contributed by atoms with van der Waals surface area (Å²) < 4.78 is 11.0. The van der Waals surface area contributed by atoms with Gasteiger partial charge in [0.25, 0.3) is 0 Å². The molecule has 1 unspecified atom stereocenters. The molecule has 0 aliphatic rings. The Kier molecular flexibility index (Phi) is 4.33. The fourth-order valence-electron chi connectivity index (χ4n) is 0.705. The molecular formula is C7H9MgO2P. The highest BCUT2D eigenvalue weighted by Crippen LogP contribution is 2.33. The van der Waals surface area contributed by atoms with E-state index < -0.39 is 7.37 Å². The Morgan fingerprint density at radius 1 is 1.27 bits per heavy atom. The molecule has 0 aliphatic carbocycles. The van der Waals surface area contributed by atoms with Gasteiger partial charge in [-0.15, -0.1) is 0 Å². The van der Waals surface area contributed by atoms with E-state index in [1.54, 1.807) is 24.3 Å². The summed E-state index contributed by atoms with van der Waals surface area (Å²) in [6, 6.07) is 8.63. The minimum atomic E-state index is -3.02. The predicted octanol–water partition coefficient (Wildman–Crippen LogP) is 0.831. The van der Waals surface area contributed by atoms with Gasteiger partial charge in [-0.25, -0.2) is 0 Å². The Morgan fingerprint density at radius 3 is 2.00 bits per heavy atom. The third-order valence-electron chi connectivity index (χ3n) is 1.24. The molecule has 0 heterocycles. The second kappa shape index (κ2) is 4.26. The molecule has 1 aromatic carbocycles. The zero-order valence-electron chi connectivity index (χ0n) is 6.40. The number of rotatable bonds is 1. The van der Waals surface area contributed by atoms with Crippen LogP contribution in [0, 0.1) is 0 Å². The molecule has 0 aromatic heterocycles. The van der Waals surface area contributed by atoms with Gasteiger partial charge in [0.05, 0.1) is 0 Å². The standard InChI is InChI=1S/C7H9O2P.Mg/c1-10(8,9)7-5-3-2-4-6-7;/h2-6H,1H3,(H,8,9);. The van der Waals surface area contributed by atoms with Crippen LogP contribution < -0.4 is 5.30 Å². The molecule has 1 N–H and O–H groups in total. The van der Waals surface area contributed by atoms with E-state index in [1.807, 2.05) is 6.07 Å². The molecule has 0 spiro atoms. The van der Waals surface area contributed by atoms with Gasteiger partial charge < -0.3 is 4.89 Å². The lowest BCUT2D eigenvalue weighted by Gasteiger charge is -2.02. The largest absolute Gasteiger partial charge is 0.341 e. The van der Waals surface area contributed by atoms with Crippen LogP contribution in [0.5, 0.6) is 0 Å². The summed E-state index contributed by atoms with van der Waals surface area (Å²) in [5.74, 6) is 0. The van der Waals surface area contributed by atoms with E-state index in [-0.39, 0.29) is 23.1 Å². The first-order chi connectivity index (χ1) is 4.61. The Labute approximate surface area is 82.2 Å². The summed E-state index contributed by atoms with van der Waals surface area (Å²) >= 11 is 0. The first kappa shape index (κ1) is 11.2. The van der Waals surface area contributed by atoms with Gasteiger partial charge in [0.2, 0.25) is 7.37 Å². The number of hydrogen-bond acceptors (Lipinski definition) is 1. The van der Waals surface area contributed by atoms with Crippen molar-refractivity contribution in [3.8, 4) is 0 Å². The van der Waals surface area contributed by atoms with E-state index in [9.17, 15) is 4.57 Å². The van der Waals surface area contributed by atoms with E-state index in [0.29, 0.717) is 5.30 Å². The van der Waals surface area contributed by atoms with Crippen molar-refractivity contribution in [1.29, 1.82) is 0 Å². The van der Waals surface area contributed by atoms with Crippen LogP contribution in [0.2, 0.25) is 0 Å². The van der Waals surface area contributed by atoms with Gasteiger partial charge in [0, 0.05) is 35.0 Å². The van der Waals surface area contributed by atoms with Crippen LogP contribution in [0.3, 0.4) is 0 Å². The van der Waals surface area contributed by atoms with Gasteiger partial charge in [0.15, 0.2) is 0 Å². The van der Waals surface area contributed by atoms with E-state index in [0.717, 1.165) is 0 Å².